The molecule has 7 nitrogen and oxygen atoms in total. The molecule has 5 rings (SSSR count). The number of aromatic nitrogens is 2. The van der Waals surface area contributed by atoms with Crippen LogP contribution in [0.1, 0.15) is 73.0 Å². The van der Waals surface area contributed by atoms with Crippen molar-refractivity contribution in [2.24, 2.45) is 17.3 Å². The zero-order valence-corrected chi connectivity index (χ0v) is 20.1. The predicted molar refractivity (Wildman–Crippen MR) is 128 cm³/mol. The number of nitrogens with one attached hydrogen (secondary N) is 1. The van der Waals surface area contributed by atoms with E-state index < -0.39 is 0 Å². The van der Waals surface area contributed by atoms with Crippen LogP contribution in [0, 0.1) is 17.3 Å². The lowest BCUT2D eigenvalue weighted by molar-refractivity contribution is -0.0226. The lowest BCUT2D eigenvalue weighted by Crippen LogP contribution is -2.43. The molecule has 3 aliphatic carbocycles. The summed E-state index contributed by atoms with van der Waals surface area (Å²) in [6.07, 6.45) is 7.36. The quantitative estimate of drug-likeness (QED) is 0.603. The minimum atomic E-state index is -0.253. The molecule has 0 saturated heterocycles. The van der Waals surface area contributed by atoms with E-state index >= 15 is 0 Å². The maximum Gasteiger partial charge on any atom is 0.271 e. The van der Waals surface area contributed by atoms with Crippen molar-refractivity contribution in [1.29, 1.82) is 0 Å². The number of benzene rings is 1. The summed E-state index contributed by atoms with van der Waals surface area (Å²) in [5, 5.41) is 21.1. The molecule has 2 N–H and O–H groups in total. The fourth-order valence-electron chi connectivity index (χ4n) is 6.73. The van der Waals surface area contributed by atoms with Gasteiger partial charge in [-0.15, -0.1) is 10.2 Å². The Bertz CT molecular complexity index is 1030. The van der Waals surface area contributed by atoms with E-state index in [0.29, 0.717) is 43.2 Å². The Morgan fingerprint density at radius 1 is 1.18 bits per heavy atom. The SMILES string of the molecule is COc1ccc(C(=O)NCCCOc2ccc3c(c2)CCC2C3CCC3(C)C(O)CCC23)nn1. The van der Waals surface area contributed by atoms with Gasteiger partial charge in [0.25, 0.3) is 5.91 Å². The first-order valence-corrected chi connectivity index (χ1v) is 12.6. The molecule has 0 aliphatic heterocycles. The van der Waals surface area contributed by atoms with E-state index in [1.165, 1.54) is 37.5 Å². The molecule has 2 saturated carbocycles. The Morgan fingerprint density at radius 2 is 2.06 bits per heavy atom. The summed E-state index contributed by atoms with van der Waals surface area (Å²) in [7, 11) is 1.51. The van der Waals surface area contributed by atoms with Crippen LogP contribution in [0.25, 0.3) is 0 Å². The fourth-order valence-corrected chi connectivity index (χ4v) is 6.73. The molecule has 0 spiro atoms. The topological polar surface area (TPSA) is 93.6 Å². The number of hydrogen-bond acceptors (Lipinski definition) is 6. The fraction of sp³-hybridized carbons (Fsp3) is 0.593. The van der Waals surface area contributed by atoms with E-state index in [9.17, 15) is 9.90 Å². The maximum atomic E-state index is 12.2. The number of aliphatic hydroxyl groups is 1. The van der Waals surface area contributed by atoms with Crippen LogP contribution in [0.4, 0.5) is 0 Å². The molecule has 1 aromatic heterocycles. The minimum Gasteiger partial charge on any atom is -0.494 e. The zero-order valence-electron chi connectivity index (χ0n) is 20.1. The van der Waals surface area contributed by atoms with Crippen LogP contribution >= 0.6 is 0 Å². The molecule has 182 valence electrons. The molecule has 0 radical (unpaired) electrons. The number of carbonyl (C=O) groups excluding carboxylic acids is 1. The summed E-state index contributed by atoms with van der Waals surface area (Å²) in [6, 6.07) is 9.81. The molecule has 1 amide bonds. The van der Waals surface area contributed by atoms with E-state index in [1.807, 2.05) is 0 Å². The van der Waals surface area contributed by atoms with Crippen LogP contribution in [0.5, 0.6) is 11.6 Å². The Kier molecular flexibility index (Phi) is 6.47. The van der Waals surface area contributed by atoms with Crippen LogP contribution in [-0.4, -0.2) is 47.6 Å². The summed E-state index contributed by atoms with van der Waals surface area (Å²) in [6.45, 7) is 3.37. The third-order valence-electron chi connectivity index (χ3n) is 8.61. The molecular weight excluding hydrogens is 430 g/mol. The smallest absolute Gasteiger partial charge is 0.271 e. The highest BCUT2D eigenvalue weighted by molar-refractivity contribution is 5.92. The standard InChI is InChI=1S/C27H35N3O4/c1-27-13-12-20-19-7-5-18(16-17(19)4-6-21(20)22(27)8-10-24(27)31)34-15-3-14-28-26(32)23-9-11-25(33-2)30-29-23/h5,7,9,11,16,20-22,24,31H,3-4,6,8,10,12-15H2,1-2H3,(H,28,32). The van der Waals surface area contributed by atoms with Gasteiger partial charge in [0.1, 0.15) is 5.75 Å². The summed E-state index contributed by atoms with van der Waals surface area (Å²) < 4.78 is 11.0. The molecule has 1 aromatic carbocycles. The largest absolute Gasteiger partial charge is 0.494 e. The number of carbonyl (C=O) groups is 1. The number of nitrogens with zero attached hydrogens (tertiary/aromatic N) is 2. The van der Waals surface area contributed by atoms with Crippen molar-refractivity contribution in [2.45, 2.75) is 63.9 Å². The van der Waals surface area contributed by atoms with E-state index in [4.69, 9.17) is 9.47 Å². The predicted octanol–water partition coefficient (Wildman–Crippen LogP) is 3.90. The number of methoxy groups -OCH3 is 1. The summed E-state index contributed by atoms with van der Waals surface area (Å²) >= 11 is 0. The van der Waals surface area contributed by atoms with Gasteiger partial charge in [-0.1, -0.05) is 13.0 Å². The first-order valence-electron chi connectivity index (χ1n) is 12.6. The number of ether oxygens (including phenoxy) is 2. The van der Waals surface area contributed by atoms with Gasteiger partial charge in [-0.25, -0.2) is 0 Å². The first-order chi connectivity index (χ1) is 16.5. The first kappa shape index (κ1) is 23.1. The highest BCUT2D eigenvalue weighted by atomic mass is 16.5. The molecule has 5 atom stereocenters. The number of hydrogen-bond donors (Lipinski definition) is 2. The second kappa shape index (κ2) is 9.53. The second-order valence-corrected chi connectivity index (χ2v) is 10.3. The molecule has 0 bridgehead atoms. The Labute approximate surface area is 201 Å². The minimum absolute atomic E-state index is 0.121. The van der Waals surface area contributed by atoms with Crippen LogP contribution < -0.4 is 14.8 Å². The summed E-state index contributed by atoms with van der Waals surface area (Å²) in [5.41, 5.74) is 3.31. The summed E-state index contributed by atoms with van der Waals surface area (Å²) in [4.78, 5) is 12.2. The Balaban J connectivity index is 1.12. The number of aryl methyl sites for hydroxylation is 1. The number of rotatable bonds is 7. The number of fused-ring (bicyclic) bond motifs is 5. The van der Waals surface area contributed by atoms with Gasteiger partial charge in [-0.3, -0.25) is 4.79 Å². The van der Waals surface area contributed by atoms with Crippen molar-refractivity contribution in [3.8, 4) is 11.6 Å². The van der Waals surface area contributed by atoms with Crippen molar-refractivity contribution in [2.75, 3.05) is 20.3 Å². The maximum absolute atomic E-state index is 12.2. The van der Waals surface area contributed by atoms with Crippen molar-refractivity contribution in [3.63, 3.8) is 0 Å². The average Bonchev–Trinajstić information content (AvgIpc) is 3.17. The lowest BCUT2D eigenvalue weighted by Gasteiger charge is -2.50. The molecule has 5 unspecified atom stereocenters. The van der Waals surface area contributed by atoms with E-state index in [-0.39, 0.29) is 23.1 Å². The van der Waals surface area contributed by atoms with E-state index in [0.717, 1.165) is 25.0 Å². The van der Waals surface area contributed by atoms with Crippen LogP contribution in [0.3, 0.4) is 0 Å². The average molecular weight is 466 g/mol. The van der Waals surface area contributed by atoms with Gasteiger partial charge in [-0.2, -0.15) is 0 Å². The monoisotopic (exact) mass is 465 g/mol. The van der Waals surface area contributed by atoms with Gasteiger partial charge in [0.2, 0.25) is 5.88 Å². The van der Waals surface area contributed by atoms with Gasteiger partial charge in [0.15, 0.2) is 5.69 Å². The zero-order chi connectivity index (χ0) is 23.7. The lowest BCUT2D eigenvalue weighted by atomic mass is 9.55. The molecule has 34 heavy (non-hydrogen) atoms. The third kappa shape index (κ3) is 4.26. The second-order valence-electron chi connectivity index (χ2n) is 10.3. The number of amides is 1. The number of aliphatic hydroxyl groups excluding tert-OH is 1. The van der Waals surface area contributed by atoms with Gasteiger partial charge in [0, 0.05) is 12.6 Å². The van der Waals surface area contributed by atoms with Crippen molar-refractivity contribution in [3.05, 3.63) is 47.2 Å². The van der Waals surface area contributed by atoms with Gasteiger partial charge in [0.05, 0.1) is 19.8 Å². The third-order valence-corrected chi connectivity index (χ3v) is 8.61. The Morgan fingerprint density at radius 3 is 2.85 bits per heavy atom. The van der Waals surface area contributed by atoms with Crippen LogP contribution in [0.2, 0.25) is 0 Å². The van der Waals surface area contributed by atoms with Crippen molar-refractivity contribution in [1.82, 2.24) is 15.5 Å². The summed E-state index contributed by atoms with van der Waals surface area (Å²) in [5.74, 6) is 3.01. The molecule has 1 heterocycles. The molecule has 3 aliphatic rings. The highest BCUT2D eigenvalue weighted by Gasteiger charge is 2.54. The van der Waals surface area contributed by atoms with E-state index in [2.05, 4.69) is 40.6 Å². The highest BCUT2D eigenvalue weighted by Crippen LogP contribution is 2.60. The molecular formula is C27H35N3O4. The van der Waals surface area contributed by atoms with Gasteiger partial charge < -0.3 is 19.9 Å². The van der Waals surface area contributed by atoms with Gasteiger partial charge >= 0.3 is 0 Å². The van der Waals surface area contributed by atoms with Gasteiger partial charge in [-0.05, 0) is 97.4 Å². The molecule has 7 heteroatoms. The van der Waals surface area contributed by atoms with Crippen molar-refractivity contribution >= 4 is 5.91 Å². The molecule has 2 fully saturated rings. The normalized spacial score (nSPS) is 29.5. The Hall–Kier alpha value is -2.67. The van der Waals surface area contributed by atoms with Crippen LogP contribution in [0.15, 0.2) is 30.3 Å². The van der Waals surface area contributed by atoms with Crippen LogP contribution in [-0.2, 0) is 6.42 Å². The van der Waals surface area contributed by atoms with E-state index in [1.54, 1.807) is 12.1 Å². The van der Waals surface area contributed by atoms with Crippen molar-refractivity contribution < 1.29 is 19.4 Å². The molecule has 2 aromatic rings.